The SMILES string of the molecule is [B]C(C)(C)c1ccc(C(F)(F)F)cc1OCC. The molecule has 0 aromatic heterocycles. The molecule has 0 amide bonds. The topological polar surface area (TPSA) is 9.23 Å². The van der Waals surface area contributed by atoms with Crippen molar-refractivity contribution in [1.29, 1.82) is 0 Å². The lowest BCUT2D eigenvalue weighted by Crippen LogP contribution is -2.19. The molecule has 0 spiro atoms. The average molecular weight is 242 g/mol. The number of alkyl halides is 3. The second-order valence-electron chi connectivity index (χ2n) is 4.36. The molecule has 1 nitrogen and oxygen atoms in total. The van der Waals surface area contributed by atoms with Crippen LogP contribution in [0.5, 0.6) is 5.75 Å². The van der Waals surface area contributed by atoms with Crippen LogP contribution in [0.2, 0.25) is 0 Å². The fraction of sp³-hybridized carbons (Fsp3) is 0.500. The van der Waals surface area contributed by atoms with Crippen molar-refractivity contribution in [1.82, 2.24) is 0 Å². The molecular weight excluding hydrogens is 228 g/mol. The molecule has 1 aromatic carbocycles. The Morgan fingerprint density at radius 1 is 1.24 bits per heavy atom. The van der Waals surface area contributed by atoms with Crippen molar-refractivity contribution in [3.63, 3.8) is 0 Å². The molecule has 0 heterocycles. The lowest BCUT2D eigenvalue weighted by atomic mass is 9.67. The zero-order valence-corrected chi connectivity index (χ0v) is 10.1. The molecule has 0 aliphatic carbocycles. The van der Waals surface area contributed by atoms with E-state index in [-0.39, 0.29) is 5.75 Å². The highest BCUT2D eigenvalue weighted by molar-refractivity contribution is 6.15. The van der Waals surface area contributed by atoms with Crippen molar-refractivity contribution in [2.24, 2.45) is 0 Å². The lowest BCUT2D eigenvalue weighted by molar-refractivity contribution is -0.137. The predicted molar refractivity (Wildman–Crippen MR) is 61.4 cm³/mol. The van der Waals surface area contributed by atoms with Gasteiger partial charge in [-0.2, -0.15) is 13.2 Å². The summed E-state index contributed by atoms with van der Waals surface area (Å²) in [4.78, 5) is 0. The van der Waals surface area contributed by atoms with Crippen LogP contribution in [0.1, 0.15) is 31.9 Å². The van der Waals surface area contributed by atoms with E-state index < -0.39 is 17.1 Å². The first-order valence-electron chi connectivity index (χ1n) is 5.29. The highest BCUT2D eigenvalue weighted by atomic mass is 19.4. The minimum absolute atomic E-state index is 0.190. The van der Waals surface area contributed by atoms with E-state index in [0.717, 1.165) is 12.1 Å². The van der Waals surface area contributed by atoms with Crippen LogP contribution in [0, 0.1) is 0 Å². The Morgan fingerprint density at radius 2 is 1.82 bits per heavy atom. The van der Waals surface area contributed by atoms with Crippen molar-refractivity contribution in [3.8, 4) is 5.75 Å². The Bertz CT molecular complexity index is 394. The van der Waals surface area contributed by atoms with Gasteiger partial charge in [0.15, 0.2) is 0 Å². The second-order valence-corrected chi connectivity index (χ2v) is 4.36. The molecule has 17 heavy (non-hydrogen) atoms. The third kappa shape index (κ3) is 3.41. The normalized spacial score (nSPS) is 12.6. The van der Waals surface area contributed by atoms with Crippen molar-refractivity contribution in [2.45, 2.75) is 32.3 Å². The predicted octanol–water partition coefficient (Wildman–Crippen LogP) is 3.51. The Kier molecular flexibility index (Phi) is 3.79. The Morgan fingerprint density at radius 3 is 2.24 bits per heavy atom. The van der Waals surface area contributed by atoms with Gasteiger partial charge in [0.2, 0.25) is 0 Å². The highest BCUT2D eigenvalue weighted by Gasteiger charge is 2.32. The first-order chi connectivity index (χ1) is 7.66. The molecule has 0 N–H and O–H groups in total. The third-order valence-corrected chi connectivity index (χ3v) is 2.30. The number of rotatable bonds is 3. The molecule has 0 bridgehead atoms. The summed E-state index contributed by atoms with van der Waals surface area (Å²) in [5, 5.41) is -0.741. The first kappa shape index (κ1) is 13.9. The number of benzene rings is 1. The smallest absolute Gasteiger partial charge is 0.416 e. The Labute approximate surface area is 100 Å². The molecule has 0 aliphatic rings. The van der Waals surface area contributed by atoms with E-state index in [4.69, 9.17) is 12.6 Å². The summed E-state index contributed by atoms with van der Waals surface area (Å²) in [6.45, 7) is 5.45. The van der Waals surface area contributed by atoms with E-state index in [9.17, 15) is 13.2 Å². The highest BCUT2D eigenvalue weighted by Crippen LogP contribution is 2.36. The molecule has 0 saturated carbocycles. The molecule has 0 aliphatic heterocycles. The standard InChI is InChI=1S/C12H14BF3O/c1-4-17-10-7-8(12(14,15)16)5-6-9(10)11(2,3)13/h5-7H,4H2,1-3H3. The van der Waals surface area contributed by atoms with Gasteiger partial charge < -0.3 is 4.74 Å². The lowest BCUT2D eigenvalue weighted by Gasteiger charge is -2.24. The van der Waals surface area contributed by atoms with Gasteiger partial charge in [-0.05, 0) is 29.9 Å². The van der Waals surface area contributed by atoms with Crippen LogP contribution in [0.15, 0.2) is 18.2 Å². The van der Waals surface area contributed by atoms with Gasteiger partial charge in [-0.1, -0.05) is 19.9 Å². The van der Waals surface area contributed by atoms with Crippen molar-refractivity contribution in [3.05, 3.63) is 29.3 Å². The number of ether oxygens (including phenoxy) is 1. The maximum atomic E-state index is 12.5. The molecular formula is C12H14BF3O. The fourth-order valence-corrected chi connectivity index (χ4v) is 1.51. The summed E-state index contributed by atoms with van der Waals surface area (Å²) in [7, 11) is 5.89. The van der Waals surface area contributed by atoms with Gasteiger partial charge in [-0.25, -0.2) is 0 Å². The zero-order chi connectivity index (χ0) is 13.3. The summed E-state index contributed by atoms with van der Waals surface area (Å²) < 4.78 is 42.9. The zero-order valence-electron chi connectivity index (χ0n) is 10.1. The van der Waals surface area contributed by atoms with E-state index in [0.29, 0.717) is 12.2 Å². The van der Waals surface area contributed by atoms with Crippen LogP contribution in [-0.2, 0) is 11.5 Å². The minimum Gasteiger partial charge on any atom is -0.494 e. The van der Waals surface area contributed by atoms with Crippen LogP contribution < -0.4 is 4.74 Å². The maximum absolute atomic E-state index is 12.5. The monoisotopic (exact) mass is 242 g/mol. The van der Waals surface area contributed by atoms with Crippen LogP contribution in [0.3, 0.4) is 0 Å². The number of hydrogen-bond acceptors (Lipinski definition) is 1. The van der Waals surface area contributed by atoms with Crippen LogP contribution in [0.4, 0.5) is 13.2 Å². The van der Waals surface area contributed by atoms with Crippen LogP contribution in [0.25, 0.3) is 0 Å². The quantitative estimate of drug-likeness (QED) is 0.737. The number of halogens is 3. The van der Waals surface area contributed by atoms with Crippen molar-refractivity contribution >= 4 is 7.85 Å². The minimum atomic E-state index is -4.37. The van der Waals surface area contributed by atoms with Gasteiger partial charge in [0, 0.05) is 0 Å². The summed E-state index contributed by atoms with van der Waals surface area (Å²) in [5.41, 5.74) is -0.165. The van der Waals surface area contributed by atoms with Crippen molar-refractivity contribution < 1.29 is 17.9 Å². The maximum Gasteiger partial charge on any atom is 0.416 e. The molecule has 0 saturated heterocycles. The summed E-state index contributed by atoms with van der Waals surface area (Å²) >= 11 is 0. The molecule has 0 fully saturated rings. The molecule has 0 atom stereocenters. The van der Waals surface area contributed by atoms with E-state index in [2.05, 4.69) is 0 Å². The Balaban J connectivity index is 3.27. The molecule has 2 radical (unpaired) electrons. The fourth-order valence-electron chi connectivity index (χ4n) is 1.51. The van der Waals surface area contributed by atoms with Crippen LogP contribution >= 0.6 is 0 Å². The summed E-state index contributed by atoms with van der Waals surface area (Å²) in [6, 6.07) is 3.38. The average Bonchev–Trinajstić information content (AvgIpc) is 2.15. The van der Waals surface area contributed by atoms with E-state index in [1.54, 1.807) is 20.8 Å². The van der Waals surface area contributed by atoms with E-state index in [1.165, 1.54) is 6.07 Å². The summed E-state index contributed by atoms with van der Waals surface area (Å²) in [6.07, 6.45) is -4.37. The largest absolute Gasteiger partial charge is 0.494 e. The summed E-state index contributed by atoms with van der Waals surface area (Å²) in [5.74, 6) is 0.190. The molecule has 92 valence electrons. The molecule has 0 unspecified atom stereocenters. The van der Waals surface area contributed by atoms with Gasteiger partial charge in [0.25, 0.3) is 0 Å². The van der Waals surface area contributed by atoms with E-state index >= 15 is 0 Å². The van der Waals surface area contributed by atoms with Crippen molar-refractivity contribution in [2.75, 3.05) is 6.61 Å². The van der Waals surface area contributed by atoms with Gasteiger partial charge in [0.1, 0.15) is 5.75 Å². The molecule has 1 rings (SSSR count). The molecule has 5 heteroatoms. The first-order valence-corrected chi connectivity index (χ1v) is 5.29. The Hall–Kier alpha value is -1.13. The number of hydrogen-bond donors (Lipinski definition) is 0. The van der Waals surface area contributed by atoms with Gasteiger partial charge in [-0.15, -0.1) is 0 Å². The van der Waals surface area contributed by atoms with Gasteiger partial charge in [-0.3, -0.25) is 0 Å². The van der Waals surface area contributed by atoms with E-state index in [1.807, 2.05) is 0 Å². The van der Waals surface area contributed by atoms with Crippen LogP contribution in [-0.4, -0.2) is 14.5 Å². The third-order valence-electron chi connectivity index (χ3n) is 2.30. The molecule has 1 aromatic rings. The van der Waals surface area contributed by atoms with Gasteiger partial charge in [0.05, 0.1) is 20.0 Å². The van der Waals surface area contributed by atoms with Gasteiger partial charge >= 0.3 is 6.18 Å². The second kappa shape index (κ2) is 4.63.